The van der Waals surface area contributed by atoms with Crippen molar-refractivity contribution in [3.05, 3.63) is 75.4 Å². The van der Waals surface area contributed by atoms with Gasteiger partial charge in [0.1, 0.15) is 5.69 Å². The molecule has 6 heteroatoms. The summed E-state index contributed by atoms with van der Waals surface area (Å²) in [7, 11) is 0. The fraction of sp³-hybridized carbons (Fsp3) is 0.393. The maximum absolute atomic E-state index is 13.7. The van der Waals surface area contributed by atoms with Crippen LogP contribution < -0.4 is 5.32 Å². The van der Waals surface area contributed by atoms with Crippen LogP contribution in [-0.2, 0) is 0 Å². The number of nitrogens with one attached hydrogen (secondary N) is 1. The summed E-state index contributed by atoms with van der Waals surface area (Å²) in [6, 6.07) is 14.0. The summed E-state index contributed by atoms with van der Waals surface area (Å²) >= 11 is 1.67. The van der Waals surface area contributed by atoms with Crippen molar-refractivity contribution >= 4 is 23.2 Å². The van der Waals surface area contributed by atoms with Gasteiger partial charge in [-0.1, -0.05) is 42.0 Å². The van der Waals surface area contributed by atoms with Crippen molar-refractivity contribution in [1.29, 1.82) is 0 Å². The van der Waals surface area contributed by atoms with Crippen LogP contribution in [0.2, 0.25) is 0 Å². The largest absolute Gasteiger partial charge is 0.348 e. The van der Waals surface area contributed by atoms with Gasteiger partial charge in [-0.15, -0.1) is 11.3 Å². The summed E-state index contributed by atoms with van der Waals surface area (Å²) in [5, 5.41) is 4.26. The van der Waals surface area contributed by atoms with Crippen LogP contribution in [0.25, 0.3) is 10.4 Å². The monoisotopic (exact) mass is 473 g/mol. The fourth-order valence-corrected chi connectivity index (χ4v) is 5.88. The van der Waals surface area contributed by atoms with Crippen molar-refractivity contribution in [3.63, 3.8) is 0 Å². The number of benzene rings is 2. The fourth-order valence-electron chi connectivity index (χ4n) is 4.66. The summed E-state index contributed by atoms with van der Waals surface area (Å²) in [6.07, 6.45) is 4.05. The first kappa shape index (κ1) is 22.8. The van der Waals surface area contributed by atoms with Crippen LogP contribution in [0.5, 0.6) is 0 Å². The molecule has 0 radical (unpaired) electrons. The molecule has 0 spiro atoms. The van der Waals surface area contributed by atoms with Crippen LogP contribution in [-0.4, -0.2) is 40.8 Å². The third-order valence-electron chi connectivity index (χ3n) is 6.95. The number of piperidine rings is 1. The van der Waals surface area contributed by atoms with Crippen LogP contribution in [0.15, 0.2) is 42.5 Å². The molecular weight excluding hydrogens is 442 g/mol. The highest BCUT2D eigenvalue weighted by molar-refractivity contribution is 7.15. The normalized spacial score (nSPS) is 18.1. The first-order chi connectivity index (χ1) is 16.4. The SMILES string of the molecule is Cc1cccc(-c2sc(C3CC3)nc2C(=O)N2CCCC(NC(=O)c3cccc(C)c3C)C2)c1. The van der Waals surface area contributed by atoms with Gasteiger partial charge in [-0.05, 0) is 69.2 Å². The molecule has 1 aliphatic heterocycles. The molecule has 2 amide bonds. The number of carbonyl (C=O) groups excluding carboxylic acids is 2. The van der Waals surface area contributed by atoms with Gasteiger partial charge in [-0.3, -0.25) is 9.59 Å². The molecule has 1 aliphatic carbocycles. The number of thiazole rings is 1. The second kappa shape index (κ2) is 9.34. The Labute approximate surface area is 205 Å². The maximum atomic E-state index is 13.7. The first-order valence-corrected chi connectivity index (χ1v) is 13.0. The van der Waals surface area contributed by atoms with Gasteiger partial charge in [-0.2, -0.15) is 0 Å². The molecule has 1 unspecified atom stereocenters. The van der Waals surface area contributed by atoms with E-state index in [1.165, 1.54) is 5.56 Å². The molecule has 176 valence electrons. The van der Waals surface area contributed by atoms with Crippen molar-refractivity contribution in [3.8, 4) is 10.4 Å². The van der Waals surface area contributed by atoms with Crippen LogP contribution >= 0.6 is 11.3 Å². The van der Waals surface area contributed by atoms with Crippen LogP contribution in [0.1, 0.15) is 74.1 Å². The Balaban J connectivity index is 1.36. The average Bonchev–Trinajstić information content (AvgIpc) is 3.58. The Bertz CT molecular complexity index is 1240. The third-order valence-corrected chi connectivity index (χ3v) is 8.21. The number of likely N-dealkylation sites (tertiary alicyclic amines) is 1. The van der Waals surface area contributed by atoms with Gasteiger partial charge in [0, 0.05) is 30.6 Å². The number of carbonyl (C=O) groups is 2. The van der Waals surface area contributed by atoms with Crippen LogP contribution in [0, 0.1) is 20.8 Å². The van der Waals surface area contributed by atoms with Crippen molar-refractivity contribution in [2.75, 3.05) is 13.1 Å². The molecular formula is C28H31N3O2S. The van der Waals surface area contributed by atoms with Gasteiger partial charge in [0.25, 0.3) is 11.8 Å². The second-order valence-corrected chi connectivity index (χ2v) is 10.7. The van der Waals surface area contributed by atoms with E-state index in [2.05, 4.69) is 30.4 Å². The van der Waals surface area contributed by atoms with E-state index in [9.17, 15) is 9.59 Å². The smallest absolute Gasteiger partial charge is 0.274 e. The van der Waals surface area contributed by atoms with Crippen molar-refractivity contribution < 1.29 is 9.59 Å². The molecule has 34 heavy (non-hydrogen) atoms. The minimum atomic E-state index is -0.0642. The lowest BCUT2D eigenvalue weighted by Crippen LogP contribution is -2.49. The molecule has 1 atom stereocenters. The number of hydrogen-bond acceptors (Lipinski definition) is 4. The zero-order valence-electron chi connectivity index (χ0n) is 20.1. The molecule has 5 nitrogen and oxygen atoms in total. The Morgan fingerprint density at radius 2 is 1.85 bits per heavy atom. The minimum Gasteiger partial charge on any atom is -0.348 e. The Hall–Kier alpha value is -2.99. The Morgan fingerprint density at radius 1 is 1.06 bits per heavy atom. The molecule has 5 rings (SSSR count). The maximum Gasteiger partial charge on any atom is 0.274 e. The third kappa shape index (κ3) is 4.64. The predicted octanol–water partition coefficient (Wildman–Crippen LogP) is 5.65. The van der Waals surface area contributed by atoms with Gasteiger partial charge >= 0.3 is 0 Å². The summed E-state index contributed by atoms with van der Waals surface area (Å²) in [5.41, 5.74) is 5.61. The quantitative estimate of drug-likeness (QED) is 0.521. The second-order valence-electron chi connectivity index (χ2n) is 9.68. The number of aryl methyl sites for hydroxylation is 2. The zero-order valence-corrected chi connectivity index (χ0v) is 20.9. The molecule has 1 saturated carbocycles. The molecule has 1 aromatic heterocycles. The molecule has 2 aliphatic rings. The van der Waals surface area contributed by atoms with Gasteiger partial charge < -0.3 is 10.2 Å². The van der Waals surface area contributed by atoms with E-state index in [1.807, 2.05) is 43.0 Å². The predicted molar refractivity (Wildman–Crippen MR) is 137 cm³/mol. The lowest BCUT2D eigenvalue weighted by Gasteiger charge is -2.33. The van der Waals surface area contributed by atoms with E-state index in [-0.39, 0.29) is 17.9 Å². The van der Waals surface area contributed by atoms with Gasteiger partial charge in [0.05, 0.1) is 9.88 Å². The van der Waals surface area contributed by atoms with Gasteiger partial charge in [-0.25, -0.2) is 4.98 Å². The summed E-state index contributed by atoms with van der Waals surface area (Å²) in [4.78, 5) is 34.4. The van der Waals surface area contributed by atoms with Crippen LogP contribution in [0.3, 0.4) is 0 Å². The van der Waals surface area contributed by atoms with E-state index in [1.54, 1.807) is 11.3 Å². The Kier molecular flexibility index (Phi) is 6.26. The van der Waals surface area contributed by atoms with Gasteiger partial charge in [0.2, 0.25) is 0 Å². The summed E-state index contributed by atoms with van der Waals surface area (Å²) < 4.78 is 0. The lowest BCUT2D eigenvalue weighted by atomic mass is 10.0. The van der Waals surface area contributed by atoms with Crippen molar-refractivity contribution in [1.82, 2.24) is 15.2 Å². The molecule has 2 heterocycles. The molecule has 1 N–H and O–H groups in total. The number of amides is 2. The van der Waals surface area contributed by atoms with Crippen molar-refractivity contribution in [2.24, 2.45) is 0 Å². The topological polar surface area (TPSA) is 62.3 Å². The number of nitrogens with zero attached hydrogens (tertiary/aromatic N) is 2. The zero-order chi connectivity index (χ0) is 23.8. The van der Waals surface area contributed by atoms with E-state index in [4.69, 9.17) is 4.98 Å². The van der Waals surface area contributed by atoms with Crippen molar-refractivity contribution in [2.45, 2.75) is 58.4 Å². The highest BCUT2D eigenvalue weighted by atomic mass is 32.1. The first-order valence-electron chi connectivity index (χ1n) is 12.1. The summed E-state index contributed by atoms with van der Waals surface area (Å²) in [5.74, 6) is 0.414. The van der Waals surface area contributed by atoms with E-state index in [0.29, 0.717) is 30.3 Å². The number of hydrogen-bond donors (Lipinski definition) is 1. The lowest BCUT2D eigenvalue weighted by molar-refractivity contribution is 0.0671. The number of aromatic nitrogens is 1. The molecule has 1 saturated heterocycles. The number of rotatable bonds is 5. The summed E-state index contributed by atoms with van der Waals surface area (Å²) in [6.45, 7) is 7.27. The highest BCUT2D eigenvalue weighted by Gasteiger charge is 2.33. The standard InChI is InChI=1S/C28H31N3O2S/c1-17-7-4-9-21(15-17)25-24(30-27(34-25)20-12-13-20)28(33)31-14-6-10-22(16-31)29-26(32)23-11-5-8-18(2)19(23)3/h4-5,7-9,11,15,20,22H,6,10,12-14,16H2,1-3H3,(H,29,32). The average molecular weight is 474 g/mol. The Morgan fingerprint density at radius 3 is 2.62 bits per heavy atom. The minimum absolute atomic E-state index is 0.0228. The highest BCUT2D eigenvalue weighted by Crippen LogP contribution is 2.45. The molecule has 0 bridgehead atoms. The van der Waals surface area contributed by atoms with E-state index >= 15 is 0 Å². The molecule has 2 fully saturated rings. The molecule has 2 aromatic carbocycles. The van der Waals surface area contributed by atoms with E-state index < -0.39 is 0 Å². The van der Waals surface area contributed by atoms with Crippen LogP contribution in [0.4, 0.5) is 0 Å². The van der Waals surface area contributed by atoms with E-state index in [0.717, 1.165) is 52.3 Å². The molecule has 3 aromatic rings. The van der Waals surface area contributed by atoms with Gasteiger partial charge in [0.15, 0.2) is 0 Å².